The van der Waals surface area contributed by atoms with E-state index in [1.54, 1.807) is 13.1 Å². The maximum absolute atomic E-state index is 13.6. The Labute approximate surface area is 167 Å². The Morgan fingerprint density at radius 2 is 2.29 bits per heavy atom. The van der Waals surface area contributed by atoms with Crippen LogP contribution in [0.2, 0.25) is 0 Å². The lowest BCUT2D eigenvalue weighted by atomic mass is 9.95. The summed E-state index contributed by atoms with van der Waals surface area (Å²) in [5, 5.41) is 3.25. The van der Waals surface area contributed by atoms with Crippen LogP contribution in [0.1, 0.15) is 24.8 Å². The van der Waals surface area contributed by atoms with Crippen LogP contribution in [-0.2, 0) is 11.3 Å². The molecule has 1 unspecified atom stereocenters. The molecule has 1 atom stereocenters. The lowest BCUT2D eigenvalue weighted by Crippen LogP contribution is -2.46. The number of nitrogens with one attached hydrogen (secondary N) is 1. The molecule has 1 aliphatic rings. The van der Waals surface area contributed by atoms with E-state index in [1.807, 2.05) is 6.07 Å². The van der Waals surface area contributed by atoms with Gasteiger partial charge in [-0.3, -0.25) is 9.79 Å². The number of rotatable bonds is 4. The van der Waals surface area contributed by atoms with Gasteiger partial charge < -0.3 is 16.0 Å². The summed E-state index contributed by atoms with van der Waals surface area (Å²) in [4.78, 5) is 17.5. The highest BCUT2D eigenvalue weighted by molar-refractivity contribution is 14.0. The number of hydrogen-bond donors (Lipinski definition) is 2. The van der Waals surface area contributed by atoms with E-state index in [0.29, 0.717) is 17.4 Å². The highest BCUT2D eigenvalue weighted by atomic mass is 127. The van der Waals surface area contributed by atoms with E-state index in [9.17, 15) is 9.18 Å². The van der Waals surface area contributed by atoms with E-state index in [1.165, 1.54) is 6.07 Å². The molecule has 24 heavy (non-hydrogen) atoms. The normalized spacial score (nSPS) is 18.0. The molecule has 0 radical (unpaired) electrons. The molecule has 1 saturated heterocycles. The van der Waals surface area contributed by atoms with Gasteiger partial charge in [-0.05, 0) is 52.4 Å². The molecule has 1 heterocycles. The molecule has 2 rings (SSSR count). The molecular formula is C16H23BrFIN4O. The van der Waals surface area contributed by atoms with Crippen molar-refractivity contribution < 1.29 is 9.18 Å². The molecule has 8 heteroatoms. The Bertz CT molecular complexity index is 599. The standard InChI is InChI=1S/C16H22BrFN4O.HI/c1-20-16(21-9-11-4-5-13(17)14(18)7-11)22-6-2-3-12(10-22)8-15(19)23;/h4-5,7,12H,2-3,6,8-10H2,1H3,(H2,19,23)(H,20,21);1H. The lowest BCUT2D eigenvalue weighted by Gasteiger charge is -2.34. The zero-order valence-corrected chi connectivity index (χ0v) is 17.5. The molecule has 0 aromatic heterocycles. The SMILES string of the molecule is CN=C(NCc1ccc(Br)c(F)c1)N1CCCC(CC(N)=O)C1.I. The van der Waals surface area contributed by atoms with Crippen molar-refractivity contribution in [1.29, 1.82) is 0 Å². The van der Waals surface area contributed by atoms with Crippen LogP contribution in [0.3, 0.4) is 0 Å². The average molecular weight is 513 g/mol. The molecule has 134 valence electrons. The Morgan fingerprint density at radius 1 is 1.54 bits per heavy atom. The zero-order valence-electron chi connectivity index (χ0n) is 13.6. The summed E-state index contributed by atoms with van der Waals surface area (Å²) in [6.07, 6.45) is 2.42. The van der Waals surface area contributed by atoms with Gasteiger partial charge in [0.2, 0.25) is 5.91 Å². The molecule has 0 spiro atoms. The lowest BCUT2D eigenvalue weighted by molar-refractivity contribution is -0.119. The third kappa shape index (κ3) is 6.19. The Kier molecular flexibility index (Phi) is 8.96. The van der Waals surface area contributed by atoms with Crippen LogP contribution in [0.4, 0.5) is 4.39 Å². The highest BCUT2D eigenvalue weighted by Gasteiger charge is 2.23. The zero-order chi connectivity index (χ0) is 16.8. The van der Waals surface area contributed by atoms with Gasteiger partial charge in [0, 0.05) is 33.1 Å². The number of aliphatic imine (C=N–C) groups is 1. The minimum atomic E-state index is -0.279. The predicted molar refractivity (Wildman–Crippen MR) is 108 cm³/mol. The molecule has 0 bridgehead atoms. The molecule has 1 fully saturated rings. The fourth-order valence-corrected chi connectivity index (χ4v) is 3.12. The maximum Gasteiger partial charge on any atom is 0.217 e. The van der Waals surface area contributed by atoms with Crippen molar-refractivity contribution in [1.82, 2.24) is 10.2 Å². The minimum Gasteiger partial charge on any atom is -0.370 e. The van der Waals surface area contributed by atoms with E-state index in [2.05, 4.69) is 31.1 Å². The predicted octanol–water partition coefficient (Wildman–Crippen LogP) is 2.87. The fraction of sp³-hybridized carbons (Fsp3) is 0.500. The number of nitrogens with zero attached hydrogens (tertiary/aromatic N) is 2. The number of nitrogens with two attached hydrogens (primary N) is 1. The number of carbonyl (C=O) groups is 1. The summed E-state index contributed by atoms with van der Waals surface area (Å²) in [6.45, 7) is 2.15. The van der Waals surface area contributed by atoms with E-state index >= 15 is 0 Å². The minimum absolute atomic E-state index is 0. The number of hydrogen-bond acceptors (Lipinski definition) is 2. The number of halogens is 3. The van der Waals surface area contributed by atoms with Crippen LogP contribution >= 0.6 is 39.9 Å². The third-order valence-corrected chi connectivity index (χ3v) is 4.60. The summed E-state index contributed by atoms with van der Waals surface area (Å²) in [5.41, 5.74) is 6.14. The van der Waals surface area contributed by atoms with Gasteiger partial charge >= 0.3 is 0 Å². The van der Waals surface area contributed by atoms with E-state index in [0.717, 1.165) is 37.5 Å². The van der Waals surface area contributed by atoms with E-state index in [-0.39, 0.29) is 41.6 Å². The number of amides is 1. The largest absolute Gasteiger partial charge is 0.370 e. The molecule has 1 amide bonds. The van der Waals surface area contributed by atoms with E-state index in [4.69, 9.17) is 5.73 Å². The van der Waals surface area contributed by atoms with Gasteiger partial charge in [0.15, 0.2) is 5.96 Å². The van der Waals surface area contributed by atoms with Crippen molar-refractivity contribution in [2.75, 3.05) is 20.1 Å². The first kappa shape index (κ1) is 21.1. The molecule has 0 aliphatic carbocycles. The summed E-state index contributed by atoms with van der Waals surface area (Å²) in [7, 11) is 1.72. The smallest absolute Gasteiger partial charge is 0.217 e. The number of primary amides is 1. The van der Waals surface area contributed by atoms with Crippen molar-refractivity contribution in [3.8, 4) is 0 Å². The van der Waals surface area contributed by atoms with Crippen LogP contribution in [0.25, 0.3) is 0 Å². The first-order valence-electron chi connectivity index (χ1n) is 7.67. The van der Waals surface area contributed by atoms with Crippen LogP contribution < -0.4 is 11.1 Å². The van der Waals surface area contributed by atoms with Crippen LogP contribution in [0, 0.1) is 11.7 Å². The van der Waals surface area contributed by atoms with Crippen LogP contribution in [0.15, 0.2) is 27.7 Å². The monoisotopic (exact) mass is 512 g/mol. The van der Waals surface area contributed by atoms with Crippen molar-refractivity contribution in [3.63, 3.8) is 0 Å². The Morgan fingerprint density at radius 3 is 2.92 bits per heavy atom. The van der Waals surface area contributed by atoms with Gasteiger partial charge in [-0.2, -0.15) is 0 Å². The molecule has 5 nitrogen and oxygen atoms in total. The summed E-state index contributed by atoms with van der Waals surface area (Å²) in [6, 6.07) is 5.05. The van der Waals surface area contributed by atoms with Gasteiger partial charge in [-0.1, -0.05) is 6.07 Å². The number of benzene rings is 1. The Balaban J connectivity index is 0.00000288. The first-order valence-corrected chi connectivity index (χ1v) is 8.46. The molecule has 1 aromatic rings. The van der Waals surface area contributed by atoms with Crippen LogP contribution in [0.5, 0.6) is 0 Å². The topological polar surface area (TPSA) is 70.7 Å². The van der Waals surface area contributed by atoms with Gasteiger partial charge in [0.1, 0.15) is 5.82 Å². The van der Waals surface area contributed by atoms with E-state index < -0.39 is 0 Å². The Hall–Kier alpha value is -0.900. The second-order valence-corrected chi connectivity index (χ2v) is 6.63. The maximum atomic E-state index is 13.6. The van der Waals surface area contributed by atoms with Gasteiger partial charge in [0.25, 0.3) is 0 Å². The molecule has 1 aliphatic heterocycles. The number of likely N-dealkylation sites (tertiary alicyclic amines) is 1. The number of guanidine groups is 1. The molecule has 0 saturated carbocycles. The number of piperidine rings is 1. The number of carbonyl (C=O) groups excluding carboxylic acids is 1. The highest BCUT2D eigenvalue weighted by Crippen LogP contribution is 2.20. The third-order valence-electron chi connectivity index (χ3n) is 3.95. The molecule has 1 aromatic carbocycles. The van der Waals surface area contributed by atoms with Crippen LogP contribution in [-0.4, -0.2) is 36.9 Å². The molecule has 3 N–H and O–H groups in total. The fourth-order valence-electron chi connectivity index (χ4n) is 2.87. The average Bonchev–Trinajstić information content (AvgIpc) is 2.51. The van der Waals surface area contributed by atoms with Gasteiger partial charge in [-0.15, -0.1) is 24.0 Å². The van der Waals surface area contributed by atoms with Crippen molar-refractivity contribution >= 4 is 51.8 Å². The first-order chi connectivity index (χ1) is 11.0. The van der Waals surface area contributed by atoms with Crippen molar-refractivity contribution in [2.24, 2.45) is 16.6 Å². The quantitative estimate of drug-likeness (QED) is 0.370. The van der Waals surface area contributed by atoms with Gasteiger partial charge in [0.05, 0.1) is 4.47 Å². The van der Waals surface area contributed by atoms with Gasteiger partial charge in [-0.25, -0.2) is 4.39 Å². The second-order valence-electron chi connectivity index (χ2n) is 5.77. The second kappa shape index (κ2) is 10.2. The summed E-state index contributed by atoms with van der Waals surface area (Å²) < 4.78 is 14.0. The van der Waals surface area contributed by atoms with Crippen molar-refractivity contribution in [3.05, 3.63) is 34.1 Å². The summed E-state index contributed by atoms with van der Waals surface area (Å²) in [5.74, 6) is 0.497. The van der Waals surface area contributed by atoms with Crippen molar-refractivity contribution in [2.45, 2.75) is 25.8 Å². The molecular weight excluding hydrogens is 490 g/mol. The summed E-state index contributed by atoms with van der Waals surface area (Å²) >= 11 is 3.15.